The van der Waals surface area contributed by atoms with E-state index in [4.69, 9.17) is 23.2 Å². The number of benzene rings is 2. The second kappa shape index (κ2) is 7.74. The quantitative estimate of drug-likeness (QED) is 0.647. The molecule has 9 heteroatoms. The summed E-state index contributed by atoms with van der Waals surface area (Å²) in [5.74, 6) is -1.62. The molecule has 0 unspecified atom stereocenters. The fraction of sp³-hybridized carbons (Fsp3) is 0.200. The first kappa shape index (κ1) is 19.8. The van der Waals surface area contributed by atoms with Crippen molar-refractivity contribution in [2.75, 3.05) is 18.4 Å². The van der Waals surface area contributed by atoms with Crippen molar-refractivity contribution in [3.63, 3.8) is 0 Å². The van der Waals surface area contributed by atoms with Gasteiger partial charge in [0.2, 0.25) is 5.91 Å². The van der Waals surface area contributed by atoms with E-state index in [-0.39, 0.29) is 45.4 Å². The SMILES string of the molecule is O=C(CN1CCc2[nH]c3c(F)c(Cl)ccc3c(=O)c2C1)Nc1ccc(Cl)c(F)c1. The molecule has 0 radical (unpaired) electrons. The topological polar surface area (TPSA) is 65.2 Å². The van der Waals surface area contributed by atoms with Gasteiger partial charge in [0, 0.05) is 41.8 Å². The lowest BCUT2D eigenvalue weighted by molar-refractivity contribution is -0.117. The van der Waals surface area contributed by atoms with E-state index in [9.17, 15) is 18.4 Å². The number of hydrogen-bond acceptors (Lipinski definition) is 3. The highest BCUT2D eigenvalue weighted by Gasteiger charge is 2.23. The summed E-state index contributed by atoms with van der Waals surface area (Å²) in [6.45, 7) is 0.766. The van der Waals surface area contributed by atoms with E-state index in [1.54, 1.807) is 4.90 Å². The van der Waals surface area contributed by atoms with Crippen LogP contribution in [0.5, 0.6) is 0 Å². The van der Waals surface area contributed by atoms with Crippen LogP contribution >= 0.6 is 23.2 Å². The Hall–Kier alpha value is -2.48. The molecule has 0 fully saturated rings. The number of aromatic amines is 1. The maximum absolute atomic E-state index is 14.3. The Bertz CT molecular complexity index is 1200. The molecule has 5 nitrogen and oxygen atoms in total. The van der Waals surface area contributed by atoms with Crippen LogP contribution in [0.15, 0.2) is 35.1 Å². The molecule has 2 N–H and O–H groups in total. The summed E-state index contributed by atoms with van der Waals surface area (Å²) < 4.78 is 27.8. The highest BCUT2D eigenvalue weighted by molar-refractivity contribution is 6.31. The molecule has 0 aliphatic carbocycles. The van der Waals surface area contributed by atoms with Crippen LogP contribution < -0.4 is 10.7 Å². The highest BCUT2D eigenvalue weighted by Crippen LogP contribution is 2.24. The molecule has 1 aliphatic heterocycles. The van der Waals surface area contributed by atoms with Gasteiger partial charge in [0.1, 0.15) is 5.82 Å². The molecule has 2 heterocycles. The lowest BCUT2D eigenvalue weighted by Gasteiger charge is -2.28. The Morgan fingerprint density at radius 2 is 1.93 bits per heavy atom. The molecule has 0 atom stereocenters. The van der Waals surface area contributed by atoms with Crippen LogP contribution in [-0.4, -0.2) is 28.9 Å². The summed E-state index contributed by atoms with van der Waals surface area (Å²) in [4.78, 5) is 29.9. The molecular formula is C20H15Cl2F2N3O2. The number of amides is 1. The second-order valence-corrected chi connectivity index (χ2v) is 7.65. The third kappa shape index (κ3) is 3.85. The number of rotatable bonds is 3. The van der Waals surface area contributed by atoms with Crippen molar-refractivity contribution in [3.8, 4) is 0 Å². The first-order valence-electron chi connectivity index (χ1n) is 8.82. The van der Waals surface area contributed by atoms with Gasteiger partial charge in [0.25, 0.3) is 0 Å². The van der Waals surface area contributed by atoms with Crippen molar-refractivity contribution in [2.24, 2.45) is 0 Å². The minimum absolute atomic E-state index is 0.0239. The van der Waals surface area contributed by atoms with E-state index in [2.05, 4.69) is 10.3 Å². The summed E-state index contributed by atoms with van der Waals surface area (Å²) in [7, 11) is 0. The molecule has 4 rings (SSSR count). The van der Waals surface area contributed by atoms with Crippen molar-refractivity contribution < 1.29 is 13.6 Å². The monoisotopic (exact) mass is 437 g/mol. The number of carbonyl (C=O) groups excluding carboxylic acids is 1. The molecule has 3 aromatic rings. The van der Waals surface area contributed by atoms with Crippen molar-refractivity contribution in [3.05, 3.63) is 73.5 Å². The number of nitrogens with zero attached hydrogens (tertiary/aromatic N) is 1. The first-order chi connectivity index (χ1) is 13.8. The number of pyridine rings is 1. The standard InChI is InChI=1S/C20H15Cl2F2N3O2/c21-13-3-1-10(7-15(13)23)25-17(28)9-27-6-5-16-12(8-27)20(29)11-2-4-14(22)18(24)19(11)26-16/h1-4,7H,5-6,8-9H2,(H,25,28)(H,26,29). The number of hydrogen-bond donors (Lipinski definition) is 2. The van der Waals surface area contributed by atoms with Crippen LogP contribution in [-0.2, 0) is 17.8 Å². The molecule has 0 bridgehead atoms. The summed E-state index contributed by atoms with van der Waals surface area (Å²) in [6.07, 6.45) is 0.454. The first-order valence-corrected chi connectivity index (χ1v) is 9.58. The minimum Gasteiger partial charge on any atom is -0.355 e. The Morgan fingerprint density at radius 1 is 1.17 bits per heavy atom. The number of fused-ring (bicyclic) bond motifs is 2. The number of H-pyrrole nitrogens is 1. The lowest BCUT2D eigenvalue weighted by atomic mass is 10.0. The fourth-order valence-corrected chi connectivity index (χ4v) is 3.73. The average molecular weight is 438 g/mol. The molecule has 150 valence electrons. The molecule has 1 aromatic heterocycles. The minimum atomic E-state index is -0.652. The molecule has 1 amide bonds. The molecule has 0 saturated heterocycles. The van der Waals surface area contributed by atoms with Gasteiger partial charge in [0.05, 0.1) is 22.1 Å². The van der Waals surface area contributed by atoms with Crippen LogP contribution in [0.4, 0.5) is 14.5 Å². The fourth-order valence-electron chi connectivity index (χ4n) is 3.45. The van der Waals surface area contributed by atoms with E-state index in [1.807, 2.05) is 0 Å². The van der Waals surface area contributed by atoms with E-state index >= 15 is 0 Å². The molecular weight excluding hydrogens is 423 g/mol. The Balaban J connectivity index is 1.53. The smallest absolute Gasteiger partial charge is 0.238 e. The Labute approximate surface area is 174 Å². The van der Waals surface area contributed by atoms with E-state index in [0.717, 1.165) is 6.07 Å². The summed E-state index contributed by atoms with van der Waals surface area (Å²) in [5.41, 5.74) is 1.24. The molecule has 29 heavy (non-hydrogen) atoms. The van der Waals surface area contributed by atoms with E-state index in [0.29, 0.717) is 29.9 Å². The summed E-state index contributed by atoms with van der Waals surface area (Å²) in [6, 6.07) is 6.84. The van der Waals surface area contributed by atoms with Crippen LogP contribution in [0.1, 0.15) is 11.3 Å². The number of anilines is 1. The van der Waals surface area contributed by atoms with Gasteiger partial charge in [-0.15, -0.1) is 0 Å². The molecule has 1 aliphatic rings. The van der Waals surface area contributed by atoms with Crippen molar-refractivity contribution >= 4 is 45.7 Å². The van der Waals surface area contributed by atoms with E-state index in [1.165, 1.54) is 24.3 Å². The zero-order chi connectivity index (χ0) is 20.7. The maximum Gasteiger partial charge on any atom is 0.238 e. The molecule has 0 spiro atoms. The zero-order valence-corrected chi connectivity index (χ0v) is 16.5. The van der Waals surface area contributed by atoms with Gasteiger partial charge >= 0.3 is 0 Å². The predicted molar refractivity (Wildman–Crippen MR) is 109 cm³/mol. The number of aromatic nitrogens is 1. The van der Waals surface area contributed by atoms with Crippen LogP contribution in [0.2, 0.25) is 10.0 Å². The van der Waals surface area contributed by atoms with Crippen molar-refractivity contribution in [1.29, 1.82) is 0 Å². The summed E-state index contributed by atoms with van der Waals surface area (Å²) in [5, 5.41) is 2.74. The number of nitrogens with one attached hydrogen (secondary N) is 2. The highest BCUT2D eigenvalue weighted by atomic mass is 35.5. The largest absolute Gasteiger partial charge is 0.355 e. The van der Waals surface area contributed by atoms with Gasteiger partial charge in [-0.05, 0) is 30.3 Å². The third-order valence-electron chi connectivity index (χ3n) is 4.88. The number of carbonyl (C=O) groups is 1. The second-order valence-electron chi connectivity index (χ2n) is 6.83. The van der Waals surface area contributed by atoms with Crippen LogP contribution in [0.25, 0.3) is 10.9 Å². The molecule has 2 aromatic carbocycles. The van der Waals surface area contributed by atoms with Crippen LogP contribution in [0.3, 0.4) is 0 Å². The van der Waals surface area contributed by atoms with Gasteiger partial charge in [-0.2, -0.15) is 0 Å². The van der Waals surface area contributed by atoms with Gasteiger partial charge in [-0.1, -0.05) is 23.2 Å². The summed E-state index contributed by atoms with van der Waals surface area (Å²) >= 11 is 11.4. The average Bonchev–Trinajstić information content (AvgIpc) is 2.68. The van der Waals surface area contributed by atoms with Crippen molar-refractivity contribution in [2.45, 2.75) is 13.0 Å². The Morgan fingerprint density at radius 3 is 2.69 bits per heavy atom. The van der Waals surface area contributed by atoms with Crippen molar-refractivity contribution in [1.82, 2.24) is 9.88 Å². The zero-order valence-electron chi connectivity index (χ0n) is 15.0. The van der Waals surface area contributed by atoms with Crippen LogP contribution in [0, 0.1) is 11.6 Å². The molecule has 0 saturated carbocycles. The normalized spacial score (nSPS) is 14.1. The number of halogens is 4. The predicted octanol–water partition coefficient (Wildman–Crippen LogP) is 4.11. The third-order valence-corrected chi connectivity index (χ3v) is 5.48. The van der Waals surface area contributed by atoms with Gasteiger partial charge in [-0.3, -0.25) is 14.5 Å². The van der Waals surface area contributed by atoms with Gasteiger partial charge in [-0.25, -0.2) is 8.78 Å². The maximum atomic E-state index is 14.3. The van der Waals surface area contributed by atoms with Gasteiger partial charge in [0.15, 0.2) is 11.2 Å². The lowest BCUT2D eigenvalue weighted by Crippen LogP contribution is -2.39. The van der Waals surface area contributed by atoms with E-state index < -0.39 is 11.6 Å². The Kier molecular flexibility index (Phi) is 5.29. The van der Waals surface area contributed by atoms with Gasteiger partial charge < -0.3 is 10.3 Å².